The van der Waals surface area contributed by atoms with Gasteiger partial charge >= 0.3 is 0 Å². The number of nitrogens with zero attached hydrogens (tertiary/aromatic N) is 2. The second-order valence-corrected chi connectivity index (χ2v) is 3.79. The Kier molecular flexibility index (Phi) is 2.47. The molecule has 1 aliphatic rings. The molecule has 1 atom stereocenters. The Morgan fingerprint density at radius 3 is 2.56 bits per heavy atom. The van der Waals surface area contributed by atoms with E-state index in [1.165, 1.54) is 6.07 Å². The number of non-ortho nitro benzene ring substituents is 1. The van der Waals surface area contributed by atoms with Crippen molar-refractivity contribution in [1.82, 2.24) is 0 Å². The highest BCUT2D eigenvalue weighted by molar-refractivity contribution is 6.05. The van der Waals surface area contributed by atoms with Crippen LogP contribution in [0.25, 0.3) is 0 Å². The van der Waals surface area contributed by atoms with Gasteiger partial charge < -0.3 is 10.4 Å². The Hall–Kier alpha value is -2.55. The van der Waals surface area contributed by atoms with Crippen molar-refractivity contribution in [3.8, 4) is 0 Å². The molecule has 0 aliphatic carbocycles. The zero-order valence-corrected chi connectivity index (χ0v) is 8.82. The molecule has 9 nitrogen and oxygen atoms in total. The third kappa shape index (κ3) is 1.66. The Labute approximate surface area is 99.3 Å². The van der Waals surface area contributed by atoms with E-state index in [-0.39, 0.29) is 16.9 Å². The van der Waals surface area contributed by atoms with Crippen molar-refractivity contribution >= 4 is 17.3 Å². The van der Waals surface area contributed by atoms with Crippen molar-refractivity contribution in [2.45, 2.75) is 5.60 Å². The van der Waals surface area contributed by atoms with Crippen LogP contribution in [-0.4, -0.2) is 27.4 Å². The molecule has 9 heteroatoms. The SMILES string of the molecule is O=C1Nc2ccc([N+](=O)[O-])cc2[C@@]1(O)C[N+](=O)[O-]. The predicted molar refractivity (Wildman–Crippen MR) is 57.5 cm³/mol. The van der Waals surface area contributed by atoms with Gasteiger partial charge in [0.2, 0.25) is 12.1 Å². The summed E-state index contributed by atoms with van der Waals surface area (Å²) in [7, 11) is 0. The number of rotatable bonds is 3. The number of hydrogen-bond donors (Lipinski definition) is 2. The number of aliphatic hydroxyl groups is 1. The van der Waals surface area contributed by atoms with E-state index in [1.807, 2.05) is 0 Å². The molecule has 1 aliphatic heterocycles. The van der Waals surface area contributed by atoms with Crippen molar-refractivity contribution in [3.05, 3.63) is 44.0 Å². The van der Waals surface area contributed by atoms with Gasteiger partial charge in [-0.15, -0.1) is 0 Å². The third-order valence-corrected chi connectivity index (χ3v) is 2.64. The number of carbonyl (C=O) groups is 1. The fourth-order valence-electron chi connectivity index (χ4n) is 1.79. The van der Waals surface area contributed by atoms with Gasteiger partial charge in [0.15, 0.2) is 0 Å². The Balaban J connectivity index is 2.55. The van der Waals surface area contributed by atoms with Gasteiger partial charge in [-0.3, -0.25) is 25.0 Å². The topological polar surface area (TPSA) is 136 Å². The number of nitro groups is 2. The molecule has 0 saturated heterocycles. The van der Waals surface area contributed by atoms with Crippen molar-refractivity contribution in [2.75, 3.05) is 11.9 Å². The van der Waals surface area contributed by atoms with Crippen LogP contribution in [0, 0.1) is 20.2 Å². The summed E-state index contributed by atoms with van der Waals surface area (Å²) in [6, 6.07) is 3.32. The number of nitrogens with one attached hydrogen (secondary N) is 1. The van der Waals surface area contributed by atoms with Gasteiger partial charge in [0, 0.05) is 28.3 Å². The van der Waals surface area contributed by atoms with Crippen molar-refractivity contribution in [2.24, 2.45) is 0 Å². The van der Waals surface area contributed by atoms with E-state index in [1.54, 1.807) is 0 Å². The van der Waals surface area contributed by atoms with E-state index < -0.39 is 27.9 Å². The van der Waals surface area contributed by atoms with Crippen LogP contribution in [0.15, 0.2) is 18.2 Å². The van der Waals surface area contributed by atoms with Crippen LogP contribution in [-0.2, 0) is 10.4 Å². The Morgan fingerprint density at radius 1 is 1.33 bits per heavy atom. The summed E-state index contributed by atoms with van der Waals surface area (Å²) < 4.78 is 0. The van der Waals surface area contributed by atoms with Crippen molar-refractivity contribution in [1.29, 1.82) is 0 Å². The minimum absolute atomic E-state index is 0.134. The number of hydrogen-bond acceptors (Lipinski definition) is 6. The van der Waals surface area contributed by atoms with Crippen LogP contribution < -0.4 is 5.32 Å². The average Bonchev–Trinajstić information content (AvgIpc) is 2.50. The van der Waals surface area contributed by atoms with E-state index >= 15 is 0 Å². The van der Waals surface area contributed by atoms with Gasteiger partial charge in [-0.05, 0) is 6.07 Å². The second kappa shape index (κ2) is 3.74. The summed E-state index contributed by atoms with van der Waals surface area (Å²) in [6.07, 6.45) is 0. The van der Waals surface area contributed by atoms with Crippen LogP contribution in [0.5, 0.6) is 0 Å². The molecule has 0 saturated carbocycles. The Morgan fingerprint density at radius 2 is 2.00 bits per heavy atom. The molecule has 0 spiro atoms. The van der Waals surface area contributed by atoms with Gasteiger partial charge in [0.25, 0.3) is 11.6 Å². The van der Waals surface area contributed by atoms with Crippen LogP contribution >= 0.6 is 0 Å². The molecular formula is C9H7N3O6. The van der Waals surface area contributed by atoms with E-state index in [0.717, 1.165) is 12.1 Å². The highest BCUT2D eigenvalue weighted by Crippen LogP contribution is 2.38. The summed E-state index contributed by atoms with van der Waals surface area (Å²) in [5.74, 6) is -0.963. The van der Waals surface area contributed by atoms with E-state index in [4.69, 9.17) is 0 Å². The lowest BCUT2D eigenvalue weighted by Gasteiger charge is -2.14. The zero-order valence-electron chi connectivity index (χ0n) is 8.82. The maximum absolute atomic E-state index is 11.5. The minimum atomic E-state index is -2.37. The van der Waals surface area contributed by atoms with Gasteiger partial charge in [0.05, 0.1) is 4.92 Å². The van der Waals surface area contributed by atoms with Crippen LogP contribution in [0.2, 0.25) is 0 Å². The van der Waals surface area contributed by atoms with E-state index in [0.29, 0.717) is 0 Å². The fraction of sp³-hybridized carbons (Fsp3) is 0.222. The predicted octanol–water partition coefficient (Wildman–Crippen LogP) is 0.0112. The molecule has 94 valence electrons. The van der Waals surface area contributed by atoms with Gasteiger partial charge in [0.1, 0.15) is 0 Å². The molecule has 1 amide bonds. The summed E-state index contributed by atoms with van der Waals surface area (Å²) in [5, 5.41) is 33.3. The van der Waals surface area contributed by atoms with Crippen LogP contribution in [0.4, 0.5) is 11.4 Å². The molecule has 2 N–H and O–H groups in total. The highest BCUT2D eigenvalue weighted by atomic mass is 16.6. The van der Waals surface area contributed by atoms with Crippen molar-refractivity contribution < 1.29 is 19.7 Å². The monoisotopic (exact) mass is 253 g/mol. The van der Waals surface area contributed by atoms with Crippen molar-refractivity contribution in [3.63, 3.8) is 0 Å². The Bertz CT molecular complexity index is 571. The summed E-state index contributed by atoms with van der Waals surface area (Å²) in [5.41, 5.74) is -2.74. The number of anilines is 1. The fourth-order valence-corrected chi connectivity index (χ4v) is 1.79. The first kappa shape index (κ1) is 11.9. The van der Waals surface area contributed by atoms with Gasteiger partial charge in [-0.2, -0.15) is 0 Å². The first-order chi connectivity index (χ1) is 8.34. The number of nitro benzene ring substituents is 1. The zero-order chi connectivity index (χ0) is 13.5. The second-order valence-electron chi connectivity index (χ2n) is 3.79. The highest BCUT2D eigenvalue weighted by Gasteiger charge is 2.50. The number of benzene rings is 1. The van der Waals surface area contributed by atoms with Crippen LogP contribution in [0.1, 0.15) is 5.56 Å². The van der Waals surface area contributed by atoms with E-state index in [9.17, 15) is 30.1 Å². The molecule has 1 heterocycles. The first-order valence-corrected chi connectivity index (χ1v) is 4.79. The molecule has 0 unspecified atom stereocenters. The molecule has 0 fully saturated rings. The maximum atomic E-state index is 11.5. The van der Waals surface area contributed by atoms with Gasteiger partial charge in [-0.25, -0.2) is 0 Å². The standard InChI is InChI=1S/C9H7N3O6/c13-8-9(14,4-11(15)16)6-3-5(12(17)18)1-2-7(6)10-8/h1-3,14H,4H2,(H,10,13)/t9-/m0/s1. The minimum Gasteiger partial charge on any atom is -0.370 e. The molecule has 18 heavy (non-hydrogen) atoms. The molecule has 0 radical (unpaired) electrons. The normalized spacial score (nSPS) is 21.3. The largest absolute Gasteiger partial charge is 0.370 e. The summed E-state index contributed by atoms with van der Waals surface area (Å²) in [4.78, 5) is 31.0. The number of fused-ring (bicyclic) bond motifs is 1. The lowest BCUT2D eigenvalue weighted by molar-refractivity contribution is -0.498. The third-order valence-electron chi connectivity index (χ3n) is 2.64. The molecule has 0 bridgehead atoms. The smallest absolute Gasteiger partial charge is 0.269 e. The molecule has 1 aromatic rings. The molecule has 1 aromatic carbocycles. The summed E-state index contributed by atoms with van der Waals surface area (Å²) >= 11 is 0. The lowest BCUT2D eigenvalue weighted by atomic mass is 9.95. The lowest BCUT2D eigenvalue weighted by Crippen LogP contribution is -2.40. The number of amides is 1. The number of carbonyl (C=O) groups excluding carboxylic acids is 1. The first-order valence-electron chi connectivity index (χ1n) is 4.79. The summed E-state index contributed by atoms with van der Waals surface area (Å²) in [6.45, 7) is -1.05. The maximum Gasteiger partial charge on any atom is 0.269 e. The average molecular weight is 253 g/mol. The molecule has 2 rings (SSSR count). The molecule has 0 aromatic heterocycles. The molecular weight excluding hydrogens is 246 g/mol. The quantitative estimate of drug-likeness (QED) is 0.575. The van der Waals surface area contributed by atoms with Crippen LogP contribution in [0.3, 0.4) is 0 Å². The van der Waals surface area contributed by atoms with Gasteiger partial charge in [-0.1, -0.05) is 0 Å². The van der Waals surface area contributed by atoms with E-state index in [2.05, 4.69) is 5.32 Å².